The summed E-state index contributed by atoms with van der Waals surface area (Å²) < 4.78 is 0. The average Bonchev–Trinajstić information content (AvgIpc) is 2.44. The van der Waals surface area contributed by atoms with Gasteiger partial charge in [-0.15, -0.1) is 0 Å². The van der Waals surface area contributed by atoms with Crippen LogP contribution in [-0.2, 0) is 0 Å². The zero-order valence-electron chi connectivity index (χ0n) is 8.46. The van der Waals surface area contributed by atoms with Crippen LogP contribution in [0.4, 0.5) is 0 Å². The number of fused-ring (bicyclic) bond motifs is 1. The van der Waals surface area contributed by atoms with E-state index in [1.54, 1.807) is 6.07 Å². The van der Waals surface area contributed by atoms with Crippen molar-refractivity contribution in [2.24, 2.45) is 0 Å². The van der Waals surface area contributed by atoms with Crippen LogP contribution in [0.3, 0.4) is 0 Å². The molecule has 0 fully saturated rings. The van der Waals surface area contributed by atoms with Crippen LogP contribution in [-0.4, -0.2) is 21.2 Å². The fraction of sp³-hybridized carbons (Fsp3) is 0.182. The topological polar surface area (TPSA) is 73.3 Å². The lowest BCUT2D eigenvalue weighted by Gasteiger charge is -2.01. The van der Waals surface area contributed by atoms with Gasteiger partial charge >= 0.3 is 5.97 Å². The van der Waals surface area contributed by atoms with Crippen molar-refractivity contribution in [1.82, 2.24) is 4.98 Å². The summed E-state index contributed by atoms with van der Waals surface area (Å²) >= 11 is 0. The first-order valence-corrected chi connectivity index (χ1v) is 4.56. The highest BCUT2D eigenvalue weighted by Crippen LogP contribution is 2.30. The maximum absolute atomic E-state index is 11.0. The van der Waals surface area contributed by atoms with E-state index in [1.165, 1.54) is 6.07 Å². The van der Waals surface area contributed by atoms with Crippen molar-refractivity contribution < 1.29 is 15.0 Å². The second-order valence-electron chi connectivity index (χ2n) is 3.56. The highest BCUT2D eigenvalue weighted by atomic mass is 16.4. The maximum Gasteiger partial charge on any atom is 0.340 e. The summed E-state index contributed by atoms with van der Waals surface area (Å²) in [6, 6.07) is 3.07. The molecule has 0 saturated carbocycles. The van der Waals surface area contributed by atoms with Gasteiger partial charge in [-0.2, -0.15) is 0 Å². The van der Waals surface area contributed by atoms with E-state index < -0.39 is 5.97 Å². The summed E-state index contributed by atoms with van der Waals surface area (Å²) in [4.78, 5) is 14.1. The maximum atomic E-state index is 11.0. The first kappa shape index (κ1) is 9.58. The molecule has 0 radical (unpaired) electrons. The molecule has 0 aliphatic heterocycles. The number of aromatic amines is 1. The Balaban J connectivity index is 2.97. The van der Waals surface area contributed by atoms with E-state index >= 15 is 0 Å². The van der Waals surface area contributed by atoms with E-state index in [0.717, 1.165) is 16.8 Å². The molecule has 0 amide bonds. The predicted molar refractivity (Wildman–Crippen MR) is 56.4 cm³/mol. The van der Waals surface area contributed by atoms with Crippen LogP contribution in [0, 0.1) is 13.8 Å². The van der Waals surface area contributed by atoms with E-state index in [1.807, 2.05) is 13.8 Å². The Morgan fingerprint density at radius 3 is 2.60 bits per heavy atom. The second-order valence-corrected chi connectivity index (χ2v) is 3.56. The van der Waals surface area contributed by atoms with Gasteiger partial charge in [0, 0.05) is 16.6 Å². The van der Waals surface area contributed by atoms with E-state index in [0.29, 0.717) is 5.39 Å². The Hall–Kier alpha value is -1.97. The van der Waals surface area contributed by atoms with Gasteiger partial charge in [0.2, 0.25) is 0 Å². The Kier molecular flexibility index (Phi) is 1.93. The van der Waals surface area contributed by atoms with Crippen LogP contribution in [0.15, 0.2) is 12.1 Å². The van der Waals surface area contributed by atoms with Crippen LogP contribution in [0.2, 0.25) is 0 Å². The number of H-pyrrole nitrogens is 1. The summed E-state index contributed by atoms with van der Waals surface area (Å²) in [6.45, 7) is 3.71. The molecule has 0 aliphatic rings. The molecule has 1 aromatic carbocycles. The molecule has 78 valence electrons. The smallest absolute Gasteiger partial charge is 0.340 e. The molecule has 2 rings (SSSR count). The molecule has 15 heavy (non-hydrogen) atoms. The van der Waals surface area contributed by atoms with Gasteiger partial charge < -0.3 is 15.2 Å². The number of carboxylic acid groups (broad SMARTS) is 1. The van der Waals surface area contributed by atoms with Crippen LogP contribution in [0.25, 0.3) is 10.9 Å². The van der Waals surface area contributed by atoms with Crippen LogP contribution in [0.1, 0.15) is 21.6 Å². The van der Waals surface area contributed by atoms with Crippen LogP contribution >= 0.6 is 0 Å². The number of carbonyl (C=O) groups is 1. The molecular weight excluding hydrogens is 194 g/mol. The quantitative estimate of drug-likeness (QED) is 0.668. The number of aromatic nitrogens is 1. The lowest BCUT2D eigenvalue weighted by Crippen LogP contribution is -1.98. The molecule has 2 aromatic rings. The third kappa shape index (κ3) is 1.26. The van der Waals surface area contributed by atoms with Crippen molar-refractivity contribution in [1.29, 1.82) is 0 Å². The minimum atomic E-state index is -1.11. The summed E-state index contributed by atoms with van der Waals surface area (Å²) in [5.74, 6) is -1.31. The minimum absolute atomic E-state index is 0.0330. The molecule has 0 atom stereocenters. The average molecular weight is 205 g/mol. The van der Waals surface area contributed by atoms with Gasteiger partial charge in [0.05, 0.1) is 0 Å². The van der Waals surface area contributed by atoms with E-state index in [-0.39, 0.29) is 11.3 Å². The fourth-order valence-electron chi connectivity index (χ4n) is 1.79. The largest absolute Gasteiger partial charge is 0.507 e. The molecule has 0 spiro atoms. The van der Waals surface area contributed by atoms with Gasteiger partial charge in [-0.1, -0.05) is 0 Å². The molecule has 1 heterocycles. The molecule has 3 N–H and O–H groups in total. The molecule has 4 heteroatoms. The molecule has 0 bridgehead atoms. The zero-order valence-corrected chi connectivity index (χ0v) is 8.46. The molecule has 0 aliphatic carbocycles. The van der Waals surface area contributed by atoms with Gasteiger partial charge in [0.1, 0.15) is 11.3 Å². The minimum Gasteiger partial charge on any atom is -0.507 e. The third-order valence-electron chi connectivity index (χ3n) is 2.66. The number of aryl methyl sites for hydroxylation is 2. The van der Waals surface area contributed by atoms with E-state index in [2.05, 4.69) is 4.98 Å². The van der Waals surface area contributed by atoms with Gasteiger partial charge in [0.15, 0.2) is 0 Å². The van der Waals surface area contributed by atoms with Gasteiger partial charge in [-0.05, 0) is 31.5 Å². The number of aromatic carboxylic acids is 1. The van der Waals surface area contributed by atoms with Crippen LogP contribution in [0.5, 0.6) is 5.75 Å². The van der Waals surface area contributed by atoms with Crippen molar-refractivity contribution in [3.63, 3.8) is 0 Å². The Morgan fingerprint density at radius 1 is 1.33 bits per heavy atom. The van der Waals surface area contributed by atoms with E-state index in [9.17, 15) is 9.90 Å². The molecular formula is C11H11NO3. The summed E-state index contributed by atoms with van der Waals surface area (Å²) in [5, 5.41) is 19.1. The summed E-state index contributed by atoms with van der Waals surface area (Å²) in [7, 11) is 0. The van der Waals surface area contributed by atoms with Crippen molar-refractivity contribution in [3.8, 4) is 5.75 Å². The van der Waals surface area contributed by atoms with Gasteiger partial charge in [-0.25, -0.2) is 4.79 Å². The van der Waals surface area contributed by atoms with Crippen molar-refractivity contribution >= 4 is 16.9 Å². The number of rotatable bonds is 1. The first-order valence-electron chi connectivity index (χ1n) is 4.56. The Labute approximate surface area is 86.2 Å². The molecule has 4 nitrogen and oxygen atoms in total. The lowest BCUT2D eigenvalue weighted by atomic mass is 10.0. The van der Waals surface area contributed by atoms with E-state index in [4.69, 9.17) is 5.11 Å². The summed E-state index contributed by atoms with van der Waals surface area (Å²) in [6.07, 6.45) is 0. The fourth-order valence-corrected chi connectivity index (χ4v) is 1.79. The standard InChI is InChI=1S/C11H11NO3/c1-5-6(2)12-7-3-4-8(13)10(9(5)7)11(14)15/h3-4,12-13H,1-2H3,(H,14,15). The highest BCUT2D eigenvalue weighted by molar-refractivity contribution is 6.07. The number of hydrogen-bond donors (Lipinski definition) is 3. The number of hydrogen-bond acceptors (Lipinski definition) is 2. The SMILES string of the molecule is Cc1[nH]c2ccc(O)c(C(=O)O)c2c1C. The number of phenols is 1. The molecule has 0 saturated heterocycles. The lowest BCUT2D eigenvalue weighted by molar-refractivity contribution is 0.0696. The number of carboxylic acids is 1. The van der Waals surface area contributed by atoms with Crippen molar-refractivity contribution in [3.05, 3.63) is 29.0 Å². The van der Waals surface area contributed by atoms with Crippen molar-refractivity contribution in [2.75, 3.05) is 0 Å². The van der Waals surface area contributed by atoms with Crippen LogP contribution < -0.4 is 0 Å². The van der Waals surface area contributed by atoms with Gasteiger partial charge in [0.25, 0.3) is 0 Å². The first-order chi connectivity index (χ1) is 7.02. The highest BCUT2D eigenvalue weighted by Gasteiger charge is 2.17. The molecule has 1 aromatic heterocycles. The third-order valence-corrected chi connectivity index (χ3v) is 2.66. The number of nitrogens with one attached hydrogen (secondary N) is 1. The number of benzene rings is 1. The summed E-state index contributed by atoms with van der Waals surface area (Å²) in [5.41, 5.74) is 2.48. The Morgan fingerprint density at radius 2 is 2.00 bits per heavy atom. The molecule has 0 unspecified atom stereocenters. The zero-order chi connectivity index (χ0) is 11.2. The number of aromatic hydroxyl groups is 1. The Bertz CT molecular complexity index is 554. The van der Waals surface area contributed by atoms with Crippen molar-refractivity contribution in [2.45, 2.75) is 13.8 Å². The van der Waals surface area contributed by atoms with Gasteiger partial charge in [-0.3, -0.25) is 0 Å². The second kappa shape index (κ2) is 3.02. The normalized spacial score (nSPS) is 10.8. The predicted octanol–water partition coefficient (Wildman–Crippen LogP) is 2.19. The monoisotopic (exact) mass is 205 g/mol.